The summed E-state index contributed by atoms with van der Waals surface area (Å²) in [6, 6.07) is 7.57. The van der Waals surface area contributed by atoms with Gasteiger partial charge in [0, 0.05) is 29.3 Å². The van der Waals surface area contributed by atoms with Gasteiger partial charge in [-0.2, -0.15) is 0 Å². The molecule has 29 heavy (non-hydrogen) atoms. The quantitative estimate of drug-likeness (QED) is 0.753. The largest absolute Gasteiger partial charge is 0.497 e. The van der Waals surface area contributed by atoms with Gasteiger partial charge >= 0.3 is 5.97 Å². The maximum absolute atomic E-state index is 13.2. The molecule has 0 amide bonds. The van der Waals surface area contributed by atoms with E-state index in [0.717, 1.165) is 23.4 Å². The van der Waals surface area contributed by atoms with E-state index in [1.807, 2.05) is 52.0 Å². The topological polar surface area (TPSA) is 64.6 Å². The summed E-state index contributed by atoms with van der Waals surface area (Å²) >= 11 is 0. The smallest absolute Gasteiger partial charge is 0.337 e. The molecule has 0 saturated carbocycles. The fourth-order valence-corrected chi connectivity index (χ4v) is 4.19. The fraction of sp³-hybridized carbons (Fsp3) is 0.500. The number of rotatable bonds is 3. The lowest BCUT2D eigenvalue weighted by atomic mass is 9.68. The first-order chi connectivity index (χ1) is 13.4. The molecule has 1 heterocycles. The van der Waals surface area contributed by atoms with Crippen LogP contribution in [0.5, 0.6) is 5.75 Å². The first-order valence-corrected chi connectivity index (χ1v) is 10.0. The third-order valence-electron chi connectivity index (χ3n) is 5.29. The lowest BCUT2D eigenvalue weighted by Crippen LogP contribution is -2.39. The summed E-state index contributed by atoms with van der Waals surface area (Å²) in [6.07, 6.45) is 1.21. The zero-order valence-corrected chi connectivity index (χ0v) is 18.4. The number of dihydropyridines is 1. The number of methoxy groups -OCH3 is 1. The Labute approximate surface area is 173 Å². The molecule has 2 aliphatic rings. The van der Waals surface area contributed by atoms with E-state index in [1.54, 1.807) is 7.11 Å². The molecular weight excluding hydrogens is 366 g/mol. The molecule has 1 N–H and O–H groups in total. The van der Waals surface area contributed by atoms with Crippen LogP contribution in [0.4, 0.5) is 0 Å². The van der Waals surface area contributed by atoms with E-state index in [9.17, 15) is 9.59 Å². The van der Waals surface area contributed by atoms with Gasteiger partial charge in [0.25, 0.3) is 0 Å². The number of ketones is 1. The van der Waals surface area contributed by atoms with E-state index in [0.29, 0.717) is 23.3 Å². The van der Waals surface area contributed by atoms with E-state index >= 15 is 0 Å². The first-order valence-electron chi connectivity index (χ1n) is 10.0. The van der Waals surface area contributed by atoms with Crippen LogP contribution in [-0.4, -0.2) is 24.5 Å². The Bertz CT molecular complexity index is 915. The van der Waals surface area contributed by atoms with Crippen LogP contribution in [-0.2, 0) is 14.3 Å². The normalized spacial score (nSPS) is 21.5. The average molecular weight is 398 g/mol. The minimum absolute atomic E-state index is 0.0742. The van der Waals surface area contributed by atoms with Crippen LogP contribution < -0.4 is 10.1 Å². The highest BCUT2D eigenvalue weighted by Crippen LogP contribution is 2.47. The second kappa shape index (κ2) is 7.36. The molecule has 0 fully saturated rings. The molecule has 1 atom stereocenters. The van der Waals surface area contributed by atoms with E-state index in [2.05, 4.69) is 19.2 Å². The molecule has 0 saturated heterocycles. The number of Topliss-reactive ketones (excluding diaryl/α,β-unsaturated/α-hetero) is 1. The Morgan fingerprint density at radius 1 is 1.21 bits per heavy atom. The van der Waals surface area contributed by atoms with Crippen molar-refractivity contribution in [1.29, 1.82) is 0 Å². The number of carbonyl (C=O) groups is 2. The predicted octanol–water partition coefficient (Wildman–Crippen LogP) is 4.64. The van der Waals surface area contributed by atoms with Crippen molar-refractivity contribution < 1.29 is 19.1 Å². The number of carbonyl (C=O) groups excluding carboxylic acids is 2. The molecule has 5 nitrogen and oxygen atoms in total. The summed E-state index contributed by atoms with van der Waals surface area (Å²) in [5, 5.41) is 3.36. The Hall–Kier alpha value is -2.56. The van der Waals surface area contributed by atoms with Crippen LogP contribution in [0.25, 0.3) is 0 Å². The average Bonchev–Trinajstić information content (AvgIpc) is 2.57. The van der Waals surface area contributed by atoms with Gasteiger partial charge in [-0.3, -0.25) is 4.79 Å². The molecule has 1 aromatic rings. The molecule has 0 bridgehead atoms. The van der Waals surface area contributed by atoms with Gasteiger partial charge in [-0.25, -0.2) is 4.79 Å². The van der Waals surface area contributed by atoms with Gasteiger partial charge in [-0.1, -0.05) is 26.0 Å². The molecule has 5 heteroatoms. The molecule has 1 unspecified atom stereocenters. The lowest BCUT2D eigenvalue weighted by molar-refractivity contribution is -0.150. The number of hydrogen-bond donors (Lipinski definition) is 1. The molecular formula is C24H31NO4. The van der Waals surface area contributed by atoms with E-state index < -0.39 is 17.5 Å². The second-order valence-electron chi connectivity index (χ2n) is 9.71. The van der Waals surface area contributed by atoms with Crippen molar-refractivity contribution in [3.8, 4) is 5.75 Å². The number of nitrogens with one attached hydrogen (secondary N) is 1. The Balaban J connectivity index is 2.17. The van der Waals surface area contributed by atoms with E-state index in [1.165, 1.54) is 0 Å². The van der Waals surface area contributed by atoms with Crippen LogP contribution in [0.3, 0.4) is 0 Å². The van der Waals surface area contributed by atoms with Gasteiger partial charge in [0.15, 0.2) is 5.78 Å². The summed E-state index contributed by atoms with van der Waals surface area (Å²) in [6.45, 7) is 11.6. The summed E-state index contributed by atoms with van der Waals surface area (Å²) in [4.78, 5) is 26.4. The molecule has 3 rings (SSSR count). The highest BCUT2D eigenvalue weighted by atomic mass is 16.6. The van der Waals surface area contributed by atoms with Crippen molar-refractivity contribution in [2.45, 2.75) is 65.9 Å². The second-order valence-corrected chi connectivity index (χ2v) is 9.71. The van der Waals surface area contributed by atoms with Gasteiger partial charge < -0.3 is 14.8 Å². The molecule has 0 aromatic heterocycles. The summed E-state index contributed by atoms with van der Waals surface area (Å²) in [5.74, 6) is -0.114. The number of esters is 1. The van der Waals surface area contributed by atoms with Crippen molar-refractivity contribution >= 4 is 11.8 Å². The molecule has 0 radical (unpaired) electrons. The van der Waals surface area contributed by atoms with Gasteiger partial charge in [0.1, 0.15) is 11.4 Å². The molecule has 1 aliphatic carbocycles. The third kappa shape index (κ3) is 4.39. The predicted molar refractivity (Wildman–Crippen MR) is 112 cm³/mol. The van der Waals surface area contributed by atoms with Crippen molar-refractivity contribution in [2.24, 2.45) is 5.41 Å². The highest BCUT2D eigenvalue weighted by Gasteiger charge is 2.43. The number of ether oxygens (including phenoxy) is 2. The van der Waals surface area contributed by atoms with Crippen LogP contribution in [0.15, 0.2) is 46.8 Å². The maximum Gasteiger partial charge on any atom is 0.337 e. The zero-order valence-electron chi connectivity index (χ0n) is 18.4. The highest BCUT2D eigenvalue weighted by molar-refractivity contribution is 6.04. The van der Waals surface area contributed by atoms with Gasteiger partial charge in [0.05, 0.1) is 12.7 Å². The van der Waals surface area contributed by atoms with Gasteiger partial charge in [-0.15, -0.1) is 0 Å². The minimum atomic E-state index is -0.628. The van der Waals surface area contributed by atoms with Gasteiger partial charge in [0.2, 0.25) is 0 Å². The zero-order chi connectivity index (χ0) is 21.6. The van der Waals surface area contributed by atoms with Crippen molar-refractivity contribution in [1.82, 2.24) is 5.32 Å². The third-order valence-corrected chi connectivity index (χ3v) is 5.29. The van der Waals surface area contributed by atoms with Crippen LogP contribution in [0, 0.1) is 5.41 Å². The number of hydrogen-bond acceptors (Lipinski definition) is 5. The van der Waals surface area contributed by atoms with Crippen molar-refractivity contribution in [3.05, 3.63) is 52.4 Å². The molecule has 0 spiro atoms. The lowest BCUT2D eigenvalue weighted by Gasteiger charge is -2.39. The van der Waals surface area contributed by atoms with E-state index in [-0.39, 0.29) is 11.2 Å². The monoisotopic (exact) mass is 397 g/mol. The Morgan fingerprint density at radius 3 is 2.52 bits per heavy atom. The van der Waals surface area contributed by atoms with Crippen LogP contribution in [0.1, 0.15) is 65.9 Å². The SMILES string of the molecule is COc1cccc(C2C(C(=O)OC(C)(C)C)=C(C)NC3=C2C(=O)CC(C)(C)C3)c1. The number of benzene rings is 1. The van der Waals surface area contributed by atoms with Crippen LogP contribution in [0.2, 0.25) is 0 Å². The molecule has 1 aromatic carbocycles. The molecule has 156 valence electrons. The van der Waals surface area contributed by atoms with E-state index in [4.69, 9.17) is 9.47 Å². The van der Waals surface area contributed by atoms with Crippen molar-refractivity contribution in [3.63, 3.8) is 0 Å². The minimum Gasteiger partial charge on any atom is -0.497 e. The summed E-state index contributed by atoms with van der Waals surface area (Å²) in [7, 11) is 1.61. The number of allylic oxidation sites excluding steroid dienone is 3. The molecule has 1 aliphatic heterocycles. The van der Waals surface area contributed by atoms with Crippen molar-refractivity contribution in [2.75, 3.05) is 7.11 Å². The maximum atomic E-state index is 13.2. The fourth-order valence-electron chi connectivity index (χ4n) is 4.19. The Kier molecular flexibility index (Phi) is 5.37. The standard InChI is InChI=1S/C24H31NO4/c1-14-19(22(27)29-23(2,3)4)20(15-9-8-10-16(11-15)28-7)21-17(25-14)12-24(5,6)13-18(21)26/h8-11,20,25H,12-13H2,1-7H3. The van der Waals surface area contributed by atoms with Gasteiger partial charge in [-0.05, 0) is 57.2 Å². The van der Waals surface area contributed by atoms with Crippen LogP contribution >= 0.6 is 0 Å². The first kappa shape index (κ1) is 21.2. The Morgan fingerprint density at radius 2 is 1.90 bits per heavy atom. The summed E-state index contributed by atoms with van der Waals surface area (Å²) in [5.41, 5.74) is 2.90. The summed E-state index contributed by atoms with van der Waals surface area (Å²) < 4.78 is 11.1.